The number of aromatic hydroxyl groups is 1. The van der Waals surface area contributed by atoms with Crippen molar-refractivity contribution in [2.24, 2.45) is 0 Å². The summed E-state index contributed by atoms with van der Waals surface area (Å²) in [7, 11) is -0.930. The number of phenolic OH excluding ortho intramolecular Hbond substituents is 1. The Labute approximate surface area is 181 Å². The summed E-state index contributed by atoms with van der Waals surface area (Å²) in [6.07, 6.45) is -0.863. The third-order valence-corrected chi connectivity index (χ3v) is 13.0. The molecule has 2 aliphatic rings. The van der Waals surface area contributed by atoms with Crippen molar-refractivity contribution in [1.82, 2.24) is 0 Å². The largest absolute Gasteiger partial charge is 0.507 e. The SMILES string of the molecule is COC(=O)c1ccc2c(c1O)[C@@H]1[C@H](O2)OC(C)(C)[C@@H]1O[Si](C(C)C)(C(C)C)C(C)C. The summed E-state index contributed by atoms with van der Waals surface area (Å²) in [4.78, 5) is 12.2. The van der Waals surface area contributed by atoms with Crippen LogP contribution in [0, 0.1) is 0 Å². The van der Waals surface area contributed by atoms with E-state index in [9.17, 15) is 9.90 Å². The number of fused-ring (bicyclic) bond motifs is 3. The number of rotatable bonds is 6. The molecule has 3 rings (SSSR count). The third kappa shape index (κ3) is 3.35. The predicted octanol–water partition coefficient (Wildman–Crippen LogP) is 5.35. The van der Waals surface area contributed by atoms with E-state index in [2.05, 4.69) is 41.5 Å². The van der Waals surface area contributed by atoms with Gasteiger partial charge in [-0.05, 0) is 42.6 Å². The van der Waals surface area contributed by atoms with Gasteiger partial charge in [0.05, 0.1) is 24.7 Å². The Morgan fingerprint density at radius 2 is 1.67 bits per heavy atom. The first-order valence-electron chi connectivity index (χ1n) is 10.8. The first-order chi connectivity index (χ1) is 13.9. The average molecular weight is 437 g/mol. The van der Waals surface area contributed by atoms with Crippen molar-refractivity contribution < 1.29 is 28.5 Å². The topological polar surface area (TPSA) is 74.2 Å². The van der Waals surface area contributed by atoms with E-state index in [1.54, 1.807) is 6.07 Å². The Bertz CT molecular complexity index is 794. The van der Waals surface area contributed by atoms with Gasteiger partial charge in [-0.2, -0.15) is 0 Å². The number of carbonyl (C=O) groups is 1. The second-order valence-electron chi connectivity index (χ2n) is 9.95. The number of carbonyl (C=O) groups excluding carboxylic acids is 1. The van der Waals surface area contributed by atoms with Crippen LogP contribution in [0.3, 0.4) is 0 Å². The van der Waals surface area contributed by atoms with Gasteiger partial charge in [-0.15, -0.1) is 0 Å². The van der Waals surface area contributed by atoms with E-state index in [4.69, 9.17) is 18.6 Å². The zero-order valence-corrected chi connectivity index (χ0v) is 20.6. The van der Waals surface area contributed by atoms with Crippen LogP contribution in [-0.2, 0) is 13.9 Å². The maximum absolute atomic E-state index is 12.2. The van der Waals surface area contributed by atoms with Crippen molar-refractivity contribution in [3.63, 3.8) is 0 Å². The number of methoxy groups -OCH3 is 1. The molecule has 2 aliphatic heterocycles. The van der Waals surface area contributed by atoms with Crippen molar-refractivity contribution in [1.29, 1.82) is 0 Å². The number of hydrogen-bond acceptors (Lipinski definition) is 6. The Kier molecular flexibility index (Phi) is 6.04. The number of esters is 1. The zero-order valence-electron chi connectivity index (χ0n) is 19.6. The Hall–Kier alpha value is -1.57. The van der Waals surface area contributed by atoms with Gasteiger partial charge in [-0.25, -0.2) is 4.79 Å². The lowest BCUT2D eigenvalue weighted by Gasteiger charge is -2.46. The Balaban J connectivity index is 2.11. The summed E-state index contributed by atoms with van der Waals surface area (Å²) >= 11 is 0. The lowest BCUT2D eigenvalue weighted by atomic mass is 9.87. The van der Waals surface area contributed by atoms with Gasteiger partial charge in [-0.3, -0.25) is 0 Å². The summed E-state index contributed by atoms with van der Waals surface area (Å²) in [5, 5.41) is 11.0. The molecule has 3 atom stereocenters. The fraction of sp³-hybridized carbons (Fsp3) is 0.696. The minimum atomic E-state index is -2.23. The van der Waals surface area contributed by atoms with E-state index in [1.165, 1.54) is 13.2 Å². The molecule has 0 aliphatic carbocycles. The van der Waals surface area contributed by atoms with Crippen LogP contribution in [-0.4, -0.2) is 44.5 Å². The van der Waals surface area contributed by atoms with Crippen molar-refractivity contribution in [3.05, 3.63) is 23.3 Å². The molecule has 0 amide bonds. The van der Waals surface area contributed by atoms with Crippen LogP contribution < -0.4 is 4.74 Å². The molecule has 168 valence electrons. The predicted molar refractivity (Wildman–Crippen MR) is 118 cm³/mol. The van der Waals surface area contributed by atoms with Crippen molar-refractivity contribution in [2.45, 2.75) is 95.9 Å². The summed E-state index contributed by atoms with van der Waals surface area (Å²) in [5.74, 6) is -0.467. The molecule has 0 unspecified atom stereocenters. The van der Waals surface area contributed by atoms with Crippen molar-refractivity contribution in [2.75, 3.05) is 7.11 Å². The van der Waals surface area contributed by atoms with Gasteiger partial charge in [0.15, 0.2) is 0 Å². The molecule has 0 aromatic heterocycles. The number of benzene rings is 1. The average Bonchev–Trinajstić information content (AvgIpc) is 3.09. The van der Waals surface area contributed by atoms with Gasteiger partial charge in [0.25, 0.3) is 0 Å². The maximum atomic E-state index is 12.2. The highest BCUT2D eigenvalue weighted by molar-refractivity contribution is 6.77. The summed E-state index contributed by atoms with van der Waals surface area (Å²) in [6, 6.07) is 3.22. The molecular weight excluding hydrogens is 400 g/mol. The molecule has 0 bridgehead atoms. The monoisotopic (exact) mass is 436 g/mol. The molecule has 2 heterocycles. The normalized spacial score (nSPS) is 24.9. The first-order valence-corrected chi connectivity index (χ1v) is 13.0. The molecule has 30 heavy (non-hydrogen) atoms. The Morgan fingerprint density at radius 3 is 2.17 bits per heavy atom. The van der Waals surface area contributed by atoms with E-state index in [-0.39, 0.29) is 23.3 Å². The van der Waals surface area contributed by atoms with Crippen LogP contribution in [0.25, 0.3) is 0 Å². The number of ether oxygens (including phenoxy) is 3. The van der Waals surface area contributed by atoms with E-state index in [0.29, 0.717) is 27.9 Å². The molecule has 0 spiro atoms. The maximum Gasteiger partial charge on any atom is 0.341 e. The standard InChI is InChI=1S/C23H36O6Si/c1-12(2)30(13(3)4,14(5)6)29-20-18-17-16(27-22(18)28-23(20,7)8)11-10-15(19(17)24)21(25)26-9/h10-14,18,20,22,24H,1-9H3/t18-,20+,22+/m0/s1. The van der Waals surface area contributed by atoms with E-state index >= 15 is 0 Å². The zero-order chi connectivity index (χ0) is 22.6. The minimum absolute atomic E-state index is 0.104. The quantitative estimate of drug-likeness (QED) is 0.479. The minimum Gasteiger partial charge on any atom is -0.507 e. The van der Waals surface area contributed by atoms with Crippen LogP contribution in [0.1, 0.15) is 77.2 Å². The third-order valence-electron chi connectivity index (χ3n) is 6.92. The van der Waals surface area contributed by atoms with Crippen molar-refractivity contribution in [3.8, 4) is 11.5 Å². The van der Waals surface area contributed by atoms with Gasteiger partial charge in [0, 0.05) is 5.56 Å². The molecule has 0 saturated carbocycles. The Morgan fingerprint density at radius 1 is 1.10 bits per heavy atom. The number of phenols is 1. The lowest BCUT2D eigenvalue weighted by molar-refractivity contribution is -0.117. The van der Waals surface area contributed by atoms with Gasteiger partial charge < -0.3 is 23.7 Å². The highest BCUT2D eigenvalue weighted by Gasteiger charge is 2.60. The molecule has 6 nitrogen and oxygen atoms in total. The van der Waals surface area contributed by atoms with Gasteiger partial charge in [-0.1, -0.05) is 41.5 Å². The highest BCUT2D eigenvalue weighted by Crippen LogP contribution is 2.57. The summed E-state index contributed by atoms with van der Waals surface area (Å²) < 4.78 is 24.3. The second kappa shape index (κ2) is 7.84. The summed E-state index contributed by atoms with van der Waals surface area (Å²) in [5.41, 5.74) is 1.33. The van der Waals surface area contributed by atoms with Crippen LogP contribution >= 0.6 is 0 Å². The lowest BCUT2D eigenvalue weighted by Crippen LogP contribution is -2.54. The molecular formula is C23H36O6Si. The van der Waals surface area contributed by atoms with E-state index < -0.39 is 26.2 Å². The van der Waals surface area contributed by atoms with Gasteiger partial charge >= 0.3 is 5.97 Å². The summed E-state index contributed by atoms with van der Waals surface area (Å²) in [6.45, 7) is 17.5. The molecule has 1 N–H and O–H groups in total. The molecule has 7 heteroatoms. The van der Waals surface area contributed by atoms with Crippen LogP contribution in [0.4, 0.5) is 0 Å². The smallest absolute Gasteiger partial charge is 0.341 e. The number of hydrogen-bond donors (Lipinski definition) is 1. The van der Waals surface area contributed by atoms with Crippen molar-refractivity contribution >= 4 is 14.3 Å². The second-order valence-corrected chi connectivity index (χ2v) is 15.4. The molecule has 1 aromatic rings. The van der Waals surface area contributed by atoms with Gasteiger partial charge in [0.2, 0.25) is 14.6 Å². The van der Waals surface area contributed by atoms with E-state index in [1.807, 2.05) is 13.8 Å². The fourth-order valence-corrected chi connectivity index (χ4v) is 11.3. The highest BCUT2D eigenvalue weighted by atomic mass is 28.4. The van der Waals surface area contributed by atoms with Crippen LogP contribution in [0.2, 0.25) is 16.6 Å². The fourth-order valence-electron chi connectivity index (χ4n) is 5.66. The van der Waals surface area contributed by atoms with Gasteiger partial charge in [0.1, 0.15) is 17.1 Å². The van der Waals surface area contributed by atoms with E-state index in [0.717, 1.165) is 0 Å². The van der Waals surface area contributed by atoms with Crippen LogP contribution in [0.5, 0.6) is 11.5 Å². The first kappa shape index (κ1) is 23.1. The van der Waals surface area contributed by atoms with Crippen LogP contribution in [0.15, 0.2) is 12.1 Å². The molecule has 0 radical (unpaired) electrons. The molecule has 1 saturated heterocycles. The molecule has 1 aromatic carbocycles. The molecule has 1 fully saturated rings.